The monoisotopic (exact) mass is 194 g/mol. The Morgan fingerprint density at radius 3 is 2.64 bits per heavy atom. The molecule has 0 saturated heterocycles. The van der Waals surface area contributed by atoms with E-state index in [4.69, 9.17) is 10.3 Å². The first-order valence-corrected chi connectivity index (χ1v) is 5.42. The van der Waals surface area contributed by atoms with Gasteiger partial charge in [-0.15, -0.1) is 0 Å². The molecule has 14 heavy (non-hydrogen) atoms. The lowest BCUT2D eigenvalue weighted by atomic mass is 9.82. The van der Waals surface area contributed by atoms with E-state index in [-0.39, 0.29) is 5.41 Å². The fraction of sp³-hybridized carbons (Fsp3) is 0.727. The van der Waals surface area contributed by atoms with Crippen molar-refractivity contribution in [2.75, 3.05) is 5.73 Å². The van der Waals surface area contributed by atoms with E-state index in [2.05, 4.69) is 19.0 Å². The minimum Gasteiger partial charge on any atom is -0.367 e. The van der Waals surface area contributed by atoms with Gasteiger partial charge in [0.05, 0.1) is 5.69 Å². The molecular weight excluding hydrogens is 176 g/mol. The van der Waals surface area contributed by atoms with Gasteiger partial charge in [-0.3, -0.25) is 0 Å². The maximum Gasteiger partial charge on any atom is 0.225 e. The van der Waals surface area contributed by atoms with E-state index in [0.29, 0.717) is 5.88 Å². The van der Waals surface area contributed by atoms with Crippen molar-refractivity contribution in [1.82, 2.24) is 5.16 Å². The van der Waals surface area contributed by atoms with Crippen LogP contribution in [0.2, 0.25) is 0 Å². The van der Waals surface area contributed by atoms with Gasteiger partial charge in [0.15, 0.2) is 0 Å². The second-order valence-electron chi connectivity index (χ2n) is 4.50. The van der Waals surface area contributed by atoms with E-state index in [1.165, 1.54) is 25.7 Å². The van der Waals surface area contributed by atoms with Crippen LogP contribution in [0.3, 0.4) is 0 Å². The quantitative estimate of drug-likeness (QED) is 0.787. The molecule has 3 heteroatoms. The summed E-state index contributed by atoms with van der Waals surface area (Å²) in [7, 11) is 0. The molecule has 3 nitrogen and oxygen atoms in total. The van der Waals surface area contributed by atoms with Gasteiger partial charge in [-0.05, 0) is 19.3 Å². The first-order valence-electron chi connectivity index (χ1n) is 5.42. The predicted octanol–water partition coefficient (Wildman–Crippen LogP) is 2.65. The summed E-state index contributed by atoms with van der Waals surface area (Å²) in [6.07, 6.45) is 5.94. The van der Waals surface area contributed by atoms with Crippen molar-refractivity contribution in [3.05, 3.63) is 11.3 Å². The standard InChI is InChI=1S/C11H18N2O/c1-3-8-9(13-14-10(8)12)11(2)6-4-5-7-11/h3-7,12H2,1-2H3. The second kappa shape index (κ2) is 3.30. The van der Waals surface area contributed by atoms with Crippen LogP contribution < -0.4 is 5.73 Å². The highest BCUT2D eigenvalue weighted by atomic mass is 16.5. The lowest BCUT2D eigenvalue weighted by molar-refractivity contribution is 0.386. The minimum atomic E-state index is 0.215. The number of nitrogens with zero attached hydrogens (tertiary/aromatic N) is 1. The highest BCUT2D eigenvalue weighted by Crippen LogP contribution is 2.42. The molecule has 78 valence electrons. The molecule has 0 unspecified atom stereocenters. The number of hydrogen-bond donors (Lipinski definition) is 1. The zero-order chi connectivity index (χ0) is 10.2. The van der Waals surface area contributed by atoms with Crippen LogP contribution in [-0.2, 0) is 11.8 Å². The summed E-state index contributed by atoms with van der Waals surface area (Å²) in [4.78, 5) is 0. The molecule has 0 spiro atoms. The molecule has 2 N–H and O–H groups in total. The largest absolute Gasteiger partial charge is 0.367 e. The van der Waals surface area contributed by atoms with E-state index in [0.717, 1.165) is 17.7 Å². The summed E-state index contributed by atoms with van der Waals surface area (Å²) in [5.74, 6) is 0.510. The number of nitrogen functional groups attached to an aromatic ring is 1. The molecule has 1 heterocycles. The van der Waals surface area contributed by atoms with Gasteiger partial charge in [0.2, 0.25) is 5.88 Å². The molecule has 1 aromatic heterocycles. The number of anilines is 1. The van der Waals surface area contributed by atoms with Crippen LogP contribution in [0.5, 0.6) is 0 Å². The lowest BCUT2D eigenvalue weighted by Gasteiger charge is -2.21. The van der Waals surface area contributed by atoms with Crippen LogP contribution in [0.4, 0.5) is 5.88 Å². The van der Waals surface area contributed by atoms with E-state index in [1.54, 1.807) is 0 Å². The summed E-state index contributed by atoms with van der Waals surface area (Å²) >= 11 is 0. The fourth-order valence-corrected chi connectivity index (χ4v) is 2.53. The van der Waals surface area contributed by atoms with Crippen molar-refractivity contribution in [3.63, 3.8) is 0 Å². The third-order valence-corrected chi connectivity index (χ3v) is 3.45. The molecule has 0 atom stereocenters. The Morgan fingerprint density at radius 1 is 1.43 bits per heavy atom. The Kier molecular flexibility index (Phi) is 2.25. The number of aromatic nitrogens is 1. The molecule has 0 amide bonds. The second-order valence-corrected chi connectivity index (χ2v) is 4.50. The normalized spacial score (nSPS) is 20.1. The average molecular weight is 194 g/mol. The molecule has 1 aliphatic carbocycles. The molecule has 0 aliphatic heterocycles. The first kappa shape index (κ1) is 9.56. The van der Waals surface area contributed by atoms with Crippen molar-refractivity contribution >= 4 is 5.88 Å². The predicted molar refractivity (Wildman–Crippen MR) is 56.1 cm³/mol. The van der Waals surface area contributed by atoms with Crippen molar-refractivity contribution in [3.8, 4) is 0 Å². The Morgan fingerprint density at radius 2 is 2.07 bits per heavy atom. The molecule has 1 saturated carbocycles. The summed E-state index contributed by atoms with van der Waals surface area (Å²) in [5.41, 5.74) is 8.19. The topological polar surface area (TPSA) is 52.0 Å². The molecule has 0 bridgehead atoms. The van der Waals surface area contributed by atoms with Crippen LogP contribution in [-0.4, -0.2) is 5.16 Å². The van der Waals surface area contributed by atoms with Gasteiger partial charge >= 0.3 is 0 Å². The zero-order valence-corrected chi connectivity index (χ0v) is 8.97. The third-order valence-electron chi connectivity index (χ3n) is 3.45. The van der Waals surface area contributed by atoms with Gasteiger partial charge in [0, 0.05) is 11.0 Å². The maximum atomic E-state index is 5.75. The Labute approximate surface area is 84.7 Å². The van der Waals surface area contributed by atoms with E-state index in [1.807, 2.05) is 0 Å². The number of nitrogens with two attached hydrogens (primary N) is 1. The summed E-state index contributed by atoms with van der Waals surface area (Å²) in [6.45, 7) is 4.38. The number of hydrogen-bond acceptors (Lipinski definition) is 3. The Hall–Kier alpha value is -0.990. The maximum absolute atomic E-state index is 5.75. The van der Waals surface area contributed by atoms with Gasteiger partial charge in [0.1, 0.15) is 0 Å². The first-order chi connectivity index (χ1) is 6.67. The SMILES string of the molecule is CCc1c(C2(C)CCCC2)noc1N. The van der Waals surface area contributed by atoms with Crippen LogP contribution in [0.1, 0.15) is 50.8 Å². The summed E-state index contributed by atoms with van der Waals surface area (Å²) in [6, 6.07) is 0. The number of rotatable bonds is 2. The van der Waals surface area contributed by atoms with Gasteiger partial charge in [-0.2, -0.15) is 0 Å². The minimum absolute atomic E-state index is 0.215. The van der Waals surface area contributed by atoms with Crippen molar-refractivity contribution in [2.24, 2.45) is 0 Å². The van der Waals surface area contributed by atoms with E-state index >= 15 is 0 Å². The molecule has 1 aliphatic rings. The van der Waals surface area contributed by atoms with Gasteiger partial charge in [-0.1, -0.05) is 31.8 Å². The smallest absolute Gasteiger partial charge is 0.225 e. The van der Waals surface area contributed by atoms with Gasteiger partial charge < -0.3 is 10.3 Å². The van der Waals surface area contributed by atoms with Crippen LogP contribution in [0.15, 0.2) is 4.52 Å². The van der Waals surface area contributed by atoms with E-state index in [9.17, 15) is 0 Å². The van der Waals surface area contributed by atoms with Crippen molar-refractivity contribution in [1.29, 1.82) is 0 Å². The molecule has 2 rings (SSSR count). The zero-order valence-electron chi connectivity index (χ0n) is 8.97. The van der Waals surface area contributed by atoms with Crippen molar-refractivity contribution < 1.29 is 4.52 Å². The fourth-order valence-electron chi connectivity index (χ4n) is 2.53. The summed E-state index contributed by atoms with van der Waals surface area (Å²) in [5, 5.41) is 4.14. The molecule has 0 aromatic carbocycles. The Balaban J connectivity index is 2.39. The van der Waals surface area contributed by atoms with Crippen LogP contribution >= 0.6 is 0 Å². The van der Waals surface area contributed by atoms with E-state index < -0.39 is 0 Å². The third kappa shape index (κ3) is 1.31. The molecular formula is C11H18N2O. The van der Waals surface area contributed by atoms with Crippen molar-refractivity contribution in [2.45, 2.75) is 51.4 Å². The average Bonchev–Trinajstić information content (AvgIpc) is 2.73. The Bertz CT molecular complexity index is 324. The highest BCUT2D eigenvalue weighted by molar-refractivity contribution is 5.42. The van der Waals surface area contributed by atoms with Gasteiger partial charge in [0.25, 0.3) is 0 Å². The van der Waals surface area contributed by atoms with Crippen LogP contribution in [0, 0.1) is 0 Å². The lowest BCUT2D eigenvalue weighted by Crippen LogP contribution is -2.19. The molecule has 1 aromatic rings. The summed E-state index contributed by atoms with van der Waals surface area (Å²) < 4.78 is 5.09. The highest BCUT2D eigenvalue weighted by Gasteiger charge is 2.35. The molecule has 0 radical (unpaired) electrons. The van der Waals surface area contributed by atoms with Gasteiger partial charge in [-0.25, -0.2) is 0 Å². The molecule has 1 fully saturated rings. The van der Waals surface area contributed by atoms with Crippen LogP contribution in [0.25, 0.3) is 0 Å².